The molecule has 0 spiro atoms. The van der Waals surface area contributed by atoms with Crippen LogP contribution in [-0.4, -0.2) is 0 Å². The zero-order valence-corrected chi connectivity index (χ0v) is 12.1. The quantitative estimate of drug-likeness (QED) is 0.305. The van der Waals surface area contributed by atoms with Gasteiger partial charge in [0.2, 0.25) is 0 Å². The van der Waals surface area contributed by atoms with E-state index in [0.717, 1.165) is 24.7 Å². The Morgan fingerprint density at radius 3 is 2.12 bits per heavy atom. The molecule has 0 rings (SSSR count). The standard InChI is InChI=1S/C17H32/c1-5-7-9-10-11-13-15-17(16(3)4)14-12-8-6-2/h11,13,16-17H,1-2,5-10,12,14-15H2,3-4H3/b13-11+. The van der Waals surface area contributed by atoms with Crippen molar-refractivity contribution in [2.24, 2.45) is 11.8 Å². The SMILES string of the molecule is [CH2]CCCC/C=C/CC(CCCC[CH2])C(C)C. The summed E-state index contributed by atoms with van der Waals surface area (Å²) >= 11 is 0. The maximum Gasteiger partial charge on any atom is -0.0320 e. The van der Waals surface area contributed by atoms with Gasteiger partial charge in [-0.1, -0.05) is 72.0 Å². The van der Waals surface area contributed by atoms with Gasteiger partial charge in [-0.05, 0) is 37.5 Å². The van der Waals surface area contributed by atoms with Crippen LogP contribution in [0, 0.1) is 25.7 Å². The highest BCUT2D eigenvalue weighted by Crippen LogP contribution is 2.22. The van der Waals surface area contributed by atoms with Gasteiger partial charge in [-0.2, -0.15) is 0 Å². The first kappa shape index (κ1) is 16.7. The molecular formula is C17H32. The van der Waals surface area contributed by atoms with Gasteiger partial charge in [-0.3, -0.25) is 0 Å². The van der Waals surface area contributed by atoms with Gasteiger partial charge in [0.1, 0.15) is 0 Å². The summed E-state index contributed by atoms with van der Waals surface area (Å²) in [5.41, 5.74) is 0. The minimum absolute atomic E-state index is 0.810. The van der Waals surface area contributed by atoms with Crippen molar-refractivity contribution in [3.63, 3.8) is 0 Å². The molecule has 0 N–H and O–H groups in total. The molecule has 0 aromatic heterocycles. The number of allylic oxidation sites excluding steroid dienone is 2. The molecule has 17 heavy (non-hydrogen) atoms. The molecule has 1 unspecified atom stereocenters. The van der Waals surface area contributed by atoms with Gasteiger partial charge >= 0.3 is 0 Å². The molecule has 0 aromatic rings. The Morgan fingerprint density at radius 2 is 1.53 bits per heavy atom. The van der Waals surface area contributed by atoms with E-state index < -0.39 is 0 Å². The van der Waals surface area contributed by atoms with Crippen molar-refractivity contribution in [2.45, 2.75) is 71.6 Å². The Labute approximate surface area is 110 Å². The van der Waals surface area contributed by atoms with E-state index in [1.54, 1.807) is 0 Å². The molecule has 0 aliphatic heterocycles. The van der Waals surface area contributed by atoms with Crippen molar-refractivity contribution in [3.8, 4) is 0 Å². The average molecular weight is 236 g/mol. The third kappa shape index (κ3) is 10.6. The van der Waals surface area contributed by atoms with Gasteiger partial charge in [-0.25, -0.2) is 0 Å². The number of rotatable bonds is 11. The van der Waals surface area contributed by atoms with Gasteiger partial charge < -0.3 is 0 Å². The number of unbranched alkanes of at least 4 members (excludes halogenated alkanes) is 5. The summed E-state index contributed by atoms with van der Waals surface area (Å²) in [5.74, 6) is 1.68. The summed E-state index contributed by atoms with van der Waals surface area (Å²) in [6.45, 7) is 12.5. The maximum atomic E-state index is 3.91. The molecule has 2 radical (unpaired) electrons. The highest BCUT2D eigenvalue weighted by molar-refractivity contribution is 4.85. The lowest BCUT2D eigenvalue weighted by molar-refractivity contribution is 0.351. The lowest BCUT2D eigenvalue weighted by Gasteiger charge is -2.18. The normalized spacial score (nSPS) is 13.7. The van der Waals surface area contributed by atoms with E-state index >= 15 is 0 Å². The topological polar surface area (TPSA) is 0 Å². The number of hydrogen-bond donors (Lipinski definition) is 0. The largest absolute Gasteiger partial charge is 0.0885 e. The van der Waals surface area contributed by atoms with Crippen LogP contribution in [0.3, 0.4) is 0 Å². The van der Waals surface area contributed by atoms with E-state index in [2.05, 4.69) is 39.8 Å². The second kappa shape index (κ2) is 12.2. The van der Waals surface area contributed by atoms with E-state index in [4.69, 9.17) is 0 Å². The fraction of sp³-hybridized carbons (Fsp3) is 0.765. The Morgan fingerprint density at radius 1 is 0.882 bits per heavy atom. The average Bonchev–Trinajstić information content (AvgIpc) is 2.31. The molecule has 0 heteroatoms. The van der Waals surface area contributed by atoms with Gasteiger partial charge in [0.15, 0.2) is 0 Å². The van der Waals surface area contributed by atoms with E-state index in [1.165, 1.54) is 44.9 Å². The first-order valence-electron chi connectivity index (χ1n) is 7.45. The number of hydrogen-bond acceptors (Lipinski definition) is 0. The van der Waals surface area contributed by atoms with Crippen LogP contribution < -0.4 is 0 Å². The maximum absolute atomic E-state index is 3.91. The summed E-state index contributed by atoms with van der Waals surface area (Å²) in [5, 5.41) is 0. The lowest BCUT2D eigenvalue weighted by Crippen LogP contribution is -2.07. The van der Waals surface area contributed by atoms with E-state index in [0.29, 0.717) is 0 Å². The van der Waals surface area contributed by atoms with Gasteiger partial charge in [0, 0.05) is 0 Å². The van der Waals surface area contributed by atoms with Crippen molar-refractivity contribution < 1.29 is 0 Å². The van der Waals surface area contributed by atoms with Crippen LogP contribution in [0.2, 0.25) is 0 Å². The van der Waals surface area contributed by atoms with Gasteiger partial charge in [0.25, 0.3) is 0 Å². The first-order chi connectivity index (χ1) is 8.22. The Hall–Kier alpha value is -0.260. The smallest absolute Gasteiger partial charge is 0.0320 e. The molecule has 0 amide bonds. The minimum Gasteiger partial charge on any atom is -0.0885 e. The van der Waals surface area contributed by atoms with E-state index in [-0.39, 0.29) is 0 Å². The molecule has 1 atom stereocenters. The summed E-state index contributed by atoms with van der Waals surface area (Å²) in [6, 6.07) is 0. The second-order valence-corrected chi connectivity index (χ2v) is 5.41. The van der Waals surface area contributed by atoms with Crippen LogP contribution in [0.4, 0.5) is 0 Å². The Balaban J connectivity index is 3.68. The van der Waals surface area contributed by atoms with Crippen LogP contribution >= 0.6 is 0 Å². The highest BCUT2D eigenvalue weighted by Gasteiger charge is 2.10. The zero-order valence-electron chi connectivity index (χ0n) is 12.1. The van der Waals surface area contributed by atoms with Crippen LogP contribution in [0.5, 0.6) is 0 Å². The second-order valence-electron chi connectivity index (χ2n) is 5.41. The summed E-state index contributed by atoms with van der Waals surface area (Å²) in [7, 11) is 0. The molecule has 0 aromatic carbocycles. The Bertz CT molecular complexity index is 167. The fourth-order valence-corrected chi connectivity index (χ4v) is 2.13. The molecule has 0 saturated heterocycles. The monoisotopic (exact) mass is 236 g/mol. The van der Waals surface area contributed by atoms with Gasteiger partial charge in [0.05, 0.1) is 0 Å². The van der Waals surface area contributed by atoms with Crippen molar-refractivity contribution in [2.75, 3.05) is 0 Å². The van der Waals surface area contributed by atoms with Crippen LogP contribution in [0.15, 0.2) is 12.2 Å². The first-order valence-corrected chi connectivity index (χ1v) is 7.45. The predicted octanol–water partition coefficient (Wildman–Crippen LogP) is 5.99. The predicted molar refractivity (Wildman–Crippen MR) is 79.7 cm³/mol. The molecular weight excluding hydrogens is 204 g/mol. The minimum atomic E-state index is 0.810. The van der Waals surface area contributed by atoms with E-state index in [9.17, 15) is 0 Å². The highest BCUT2D eigenvalue weighted by atomic mass is 14.2. The van der Waals surface area contributed by atoms with Crippen LogP contribution in [0.1, 0.15) is 71.6 Å². The molecule has 0 aliphatic carbocycles. The van der Waals surface area contributed by atoms with Crippen molar-refractivity contribution >= 4 is 0 Å². The molecule has 0 aliphatic rings. The van der Waals surface area contributed by atoms with Crippen molar-refractivity contribution in [1.29, 1.82) is 0 Å². The molecule has 0 fully saturated rings. The third-order valence-electron chi connectivity index (χ3n) is 3.49. The summed E-state index contributed by atoms with van der Waals surface area (Å²) in [4.78, 5) is 0. The molecule has 100 valence electrons. The summed E-state index contributed by atoms with van der Waals surface area (Å²) in [6.07, 6.45) is 16.0. The van der Waals surface area contributed by atoms with Crippen LogP contribution in [0.25, 0.3) is 0 Å². The van der Waals surface area contributed by atoms with Gasteiger partial charge in [-0.15, -0.1) is 0 Å². The molecule has 0 nitrogen and oxygen atoms in total. The lowest BCUT2D eigenvalue weighted by atomic mass is 9.87. The van der Waals surface area contributed by atoms with E-state index in [1.807, 2.05) is 0 Å². The van der Waals surface area contributed by atoms with Crippen molar-refractivity contribution in [3.05, 3.63) is 26.0 Å². The van der Waals surface area contributed by atoms with Crippen molar-refractivity contribution in [1.82, 2.24) is 0 Å². The fourth-order valence-electron chi connectivity index (χ4n) is 2.13. The zero-order chi connectivity index (χ0) is 12.9. The summed E-state index contributed by atoms with van der Waals surface area (Å²) < 4.78 is 0. The molecule has 0 saturated carbocycles. The molecule has 0 bridgehead atoms. The van der Waals surface area contributed by atoms with Crippen LogP contribution in [-0.2, 0) is 0 Å². The molecule has 0 heterocycles. The Kier molecular flexibility index (Phi) is 12.0. The third-order valence-corrected chi connectivity index (χ3v) is 3.49.